The van der Waals surface area contributed by atoms with Gasteiger partial charge in [-0.2, -0.15) is 5.10 Å². The third kappa shape index (κ3) is 4.16. The van der Waals surface area contributed by atoms with Crippen molar-refractivity contribution in [1.82, 2.24) is 9.78 Å². The smallest absolute Gasteiger partial charge is 0.276 e. The molecule has 1 amide bonds. The summed E-state index contributed by atoms with van der Waals surface area (Å²) in [6.45, 7) is 5.38. The molecule has 2 heterocycles. The number of aromatic nitrogens is 2. The van der Waals surface area contributed by atoms with Gasteiger partial charge < -0.3 is 9.64 Å². The van der Waals surface area contributed by atoms with Crippen LogP contribution in [0.15, 0.2) is 60.7 Å². The van der Waals surface area contributed by atoms with Crippen LogP contribution in [0.2, 0.25) is 0 Å². The van der Waals surface area contributed by atoms with Crippen LogP contribution in [-0.4, -0.2) is 22.2 Å². The number of nitrogens with zero attached hydrogens (tertiary/aromatic N) is 3. The summed E-state index contributed by atoms with van der Waals surface area (Å²) in [5.74, 6) is 0.294. The van der Waals surface area contributed by atoms with Gasteiger partial charge in [-0.25, -0.2) is 4.39 Å². The van der Waals surface area contributed by atoms with Crippen molar-refractivity contribution in [3.8, 4) is 5.75 Å². The molecule has 3 aromatic rings. The largest absolute Gasteiger partial charge is 0.487 e. The minimum atomic E-state index is -0.321. The first-order valence-corrected chi connectivity index (χ1v) is 9.03. The number of fused-ring (bicyclic) bond motifs is 1. The number of para-hydroxylation sites is 1. The molecule has 1 aliphatic heterocycles. The molecule has 0 radical (unpaired) electrons. The van der Waals surface area contributed by atoms with Crippen LogP contribution in [0.3, 0.4) is 0 Å². The van der Waals surface area contributed by atoms with Gasteiger partial charge in [-0.05, 0) is 42.5 Å². The Hall–Kier alpha value is -3.15. The summed E-state index contributed by atoms with van der Waals surface area (Å²) in [7, 11) is 0. The van der Waals surface area contributed by atoms with E-state index in [1.54, 1.807) is 27.8 Å². The Balaban J connectivity index is 0.00000102. The van der Waals surface area contributed by atoms with Gasteiger partial charge in [-0.1, -0.05) is 32.0 Å². The molecule has 27 heavy (non-hydrogen) atoms. The Kier molecular flexibility index (Phi) is 5.86. The summed E-state index contributed by atoms with van der Waals surface area (Å²) in [5.41, 5.74) is 1.90. The number of carbonyl (C=O) groups is 1. The molecule has 6 heteroatoms. The van der Waals surface area contributed by atoms with E-state index in [4.69, 9.17) is 4.74 Å². The van der Waals surface area contributed by atoms with Crippen LogP contribution in [0.5, 0.6) is 5.75 Å². The molecular weight excluding hydrogens is 345 g/mol. The molecule has 0 N–H and O–H groups in total. The van der Waals surface area contributed by atoms with Gasteiger partial charge in [0, 0.05) is 12.2 Å². The van der Waals surface area contributed by atoms with E-state index in [1.165, 1.54) is 12.1 Å². The Morgan fingerprint density at radius 1 is 1.04 bits per heavy atom. The van der Waals surface area contributed by atoms with Crippen LogP contribution < -0.4 is 9.64 Å². The first-order valence-electron chi connectivity index (χ1n) is 9.03. The fourth-order valence-electron chi connectivity index (χ4n) is 2.86. The van der Waals surface area contributed by atoms with Crippen molar-refractivity contribution in [2.45, 2.75) is 27.0 Å². The molecule has 5 nitrogen and oxygen atoms in total. The van der Waals surface area contributed by atoms with E-state index in [-0.39, 0.29) is 11.7 Å². The fourth-order valence-corrected chi connectivity index (χ4v) is 2.86. The zero-order valence-corrected chi connectivity index (χ0v) is 15.4. The lowest BCUT2D eigenvalue weighted by atomic mass is 10.2. The second kappa shape index (κ2) is 8.49. The molecule has 2 aromatic carbocycles. The lowest BCUT2D eigenvalue weighted by molar-refractivity contribution is 0.0962. The minimum absolute atomic E-state index is 0.142. The van der Waals surface area contributed by atoms with Crippen LogP contribution in [-0.2, 0) is 13.2 Å². The maximum absolute atomic E-state index is 13.1. The standard InChI is InChI=1S/C19H16FN3O2.C2H6/c20-14-6-8-16(9-7-14)22-10-11-23-18(19(22)24)12-15(21-23)13-25-17-4-2-1-3-5-17;1-2/h1-9,12H,10-11,13H2;1-2H3. The van der Waals surface area contributed by atoms with E-state index in [0.29, 0.717) is 36.8 Å². The molecule has 0 bridgehead atoms. The van der Waals surface area contributed by atoms with Crippen LogP contribution in [0, 0.1) is 5.82 Å². The first kappa shape index (κ1) is 18.6. The van der Waals surface area contributed by atoms with Crippen LogP contribution in [0.25, 0.3) is 0 Å². The Bertz CT molecular complexity index is 892. The van der Waals surface area contributed by atoms with Crippen LogP contribution >= 0.6 is 0 Å². The van der Waals surface area contributed by atoms with Crippen LogP contribution in [0.1, 0.15) is 30.0 Å². The molecule has 140 valence electrons. The van der Waals surface area contributed by atoms with Crippen LogP contribution in [0.4, 0.5) is 10.1 Å². The lowest BCUT2D eigenvalue weighted by Crippen LogP contribution is -2.40. The highest BCUT2D eigenvalue weighted by molar-refractivity contribution is 6.05. The number of hydrogen-bond acceptors (Lipinski definition) is 3. The molecule has 4 rings (SSSR count). The number of halogens is 1. The van der Waals surface area contributed by atoms with Gasteiger partial charge in [-0.3, -0.25) is 9.48 Å². The lowest BCUT2D eigenvalue weighted by Gasteiger charge is -2.27. The highest BCUT2D eigenvalue weighted by Crippen LogP contribution is 2.22. The van der Waals surface area contributed by atoms with Gasteiger partial charge in [0.05, 0.1) is 6.54 Å². The third-order valence-electron chi connectivity index (χ3n) is 4.10. The number of anilines is 1. The molecule has 1 aliphatic rings. The van der Waals surface area contributed by atoms with Gasteiger partial charge in [0.1, 0.15) is 29.6 Å². The first-order chi connectivity index (χ1) is 13.2. The summed E-state index contributed by atoms with van der Waals surface area (Å²) < 4.78 is 20.5. The van der Waals surface area contributed by atoms with E-state index in [2.05, 4.69) is 5.10 Å². The molecule has 0 saturated carbocycles. The van der Waals surface area contributed by atoms with Crippen molar-refractivity contribution in [2.75, 3.05) is 11.4 Å². The topological polar surface area (TPSA) is 47.4 Å². The Labute approximate surface area is 158 Å². The fraction of sp³-hybridized carbons (Fsp3) is 0.238. The summed E-state index contributed by atoms with van der Waals surface area (Å²) in [4.78, 5) is 14.4. The minimum Gasteiger partial charge on any atom is -0.487 e. The van der Waals surface area contributed by atoms with Gasteiger partial charge in [0.15, 0.2) is 0 Å². The number of benzene rings is 2. The van der Waals surface area contributed by atoms with E-state index >= 15 is 0 Å². The molecule has 0 spiro atoms. The van der Waals surface area contributed by atoms with Gasteiger partial charge in [0.25, 0.3) is 5.91 Å². The Morgan fingerprint density at radius 2 is 1.74 bits per heavy atom. The highest BCUT2D eigenvalue weighted by atomic mass is 19.1. The van der Waals surface area contributed by atoms with Crippen molar-refractivity contribution in [3.63, 3.8) is 0 Å². The van der Waals surface area contributed by atoms with E-state index in [1.807, 2.05) is 44.2 Å². The monoisotopic (exact) mass is 367 g/mol. The number of carbonyl (C=O) groups excluding carboxylic acids is 1. The third-order valence-corrected chi connectivity index (χ3v) is 4.10. The SMILES string of the molecule is CC.O=C1c2cc(COc3ccccc3)nn2CCN1c1ccc(F)cc1. The zero-order valence-electron chi connectivity index (χ0n) is 15.4. The normalized spacial score (nSPS) is 12.9. The summed E-state index contributed by atoms with van der Waals surface area (Å²) >= 11 is 0. The number of ether oxygens (including phenoxy) is 1. The summed E-state index contributed by atoms with van der Waals surface area (Å²) in [6.07, 6.45) is 0. The van der Waals surface area contributed by atoms with Gasteiger partial charge >= 0.3 is 0 Å². The van der Waals surface area contributed by atoms with Crippen molar-refractivity contribution in [1.29, 1.82) is 0 Å². The molecule has 0 fully saturated rings. The van der Waals surface area contributed by atoms with E-state index < -0.39 is 0 Å². The molecular formula is C21H22FN3O2. The summed E-state index contributed by atoms with van der Waals surface area (Å²) in [6, 6.07) is 17.1. The number of hydrogen-bond donors (Lipinski definition) is 0. The molecule has 0 aliphatic carbocycles. The molecule has 1 aromatic heterocycles. The van der Waals surface area contributed by atoms with Crippen molar-refractivity contribution in [3.05, 3.63) is 77.9 Å². The quantitative estimate of drug-likeness (QED) is 0.691. The highest BCUT2D eigenvalue weighted by Gasteiger charge is 2.27. The average Bonchev–Trinajstić information content (AvgIpc) is 3.14. The van der Waals surface area contributed by atoms with Crippen molar-refractivity contribution in [2.24, 2.45) is 0 Å². The van der Waals surface area contributed by atoms with E-state index in [9.17, 15) is 9.18 Å². The van der Waals surface area contributed by atoms with Gasteiger partial charge in [0.2, 0.25) is 0 Å². The maximum atomic E-state index is 13.1. The van der Waals surface area contributed by atoms with Crippen molar-refractivity contribution >= 4 is 11.6 Å². The maximum Gasteiger partial charge on any atom is 0.276 e. The van der Waals surface area contributed by atoms with E-state index in [0.717, 1.165) is 5.75 Å². The molecule has 0 atom stereocenters. The number of rotatable bonds is 4. The Morgan fingerprint density at radius 3 is 2.44 bits per heavy atom. The summed E-state index contributed by atoms with van der Waals surface area (Å²) in [5, 5.41) is 4.44. The predicted octanol–water partition coefficient (Wildman–Crippen LogP) is 4.29. The number of amides is 1. The molecule has 0 saturated heterocycles. The average molecular weight is 367 g/mol. The van der Waals surface area contributed by atoms with Gasteiger partial charge in [-0.15, -0.1) is 0 Å². The zero-order chi connectivity index (χ0) is 19.2. The predicted molar refractivity (Wildman–Crippen MR) is 102 cm³/mol. The molecule has 0 unspecified atom stereocenters. The second-order valence-corrected chi connectivity index (χ2v) is 5.78. The second-order valence-electron chi connectivity index (χ2n) is 5.78. The van der Waals surface area contributed by atoms with Crippen molar-refractivity contribution < 1.29 is 13.9 Å².